The summed E-state index contributed by atoms with van der Waals surface area (Å²) in [5, 5.41) is 10.7. The minimum Gasteiger partial charge on any atom is -1.00 e. The highest BCUT2D eigenvalue weighted by atomic mass is 35.5. The van der Waals surface area contributed by atoms with Crippen LogP contribution >= 0.6 is 0 Å². The summed E-state index contributed by atoms with van der Waals surface area (Å²) in [4.78, 5) is 19.1. The molecule has 2 aromatic rings. The van der Waals surface area contributed by atoms with Crippen LogP contribution in [0.1, 0.15) is 0 Å². The van der Waals surface area contributed by atoms with Crippen LogP contribution in [-0.2, 0) is 0 Å². The summed E-state index contributed by atoms with van der Waals surface area (Å²) in [5.41, 5.74) is 5.89. The first-order valence-corrected chi connectivity index (χ1v) is 4.70. The summed E-state index contributed by atoms with van der Waals surface area (Å²) in [6.07, 6.45) is 5.66. The van der Waals surface area contributed by atoms with E-state index in [2.05, 4.69) is 4.98 Å². The van der Waals surface area contributed by atoms with E-state index in [0.717, 1.165) is 6.20 Å². The van der Waals surface area contributed by atoms with Gasteiger partial charge in [0.25, 0.3) is 5.75 Å². The number of aromatic nitrogens is 2. The molecule has 7 nitrogen and oxygen atoms in total. The summed E-state index contributed by atoms with van der Waals surface area (Å²) in [6, 6.07) is 4.65. The van der Waals surface area contributed by atoms with Crippen molar-refractivity contribution >= 4 is 11.4 Å². The maximum atomic E-state index is 10.7. The van der Waals surface area contributed by atoms with Gasteiger partial charge in [-0.1, -0.05) is 0 Å². The Bertz CT molecular complexity index is 547. The van der Waals surface area contributed by atoms with Crippen molar-refractivity contribution < 1.29 is 26.9 Å². The molecule has 0 aliphatic heterocycles. The van der Waals surface area contributed by atoms with Crippen LogP contribution < -0.4 is 27.7 Å². The first-order chi connectivity index (χ1) is 8.16. The maximum absolute atomic E-state index is 10.7. The second-order valence-corrected chi connectivity index (χ2v) is 3.18. The van der Waals surface area contributed by atoms with Gasteiger partial charge < -0.3 is 18.1 Å². The highest BCUT2D eigenvalue weighted by molar-refractivity contribution is 5.42. The SMILES string of the molecule is Nc1cc[n+](Oc2ccncc2[N+](=O)[O-])cc1.[Cl-]. The molecule has 2 N–H and O–H groups in total. The van der Waals surface area contributed by atoms with Gasteiger partial charge in [-0.15, -0.1) is 0 Å². The summed E-state index contributed by atoms with van der Waals surface area (Å²) in [5.74, 6) is 0.111. The maximum Gasteiger partial charge on any atom is 0.336 e. The van der Waals surface area contributed by atoms with Crippen molar-refractivity contribution in [1.29, 1.82) is 0 Å². The summed E-state index contributed by atoms with van der Waals surface area (Å²) < 4.78 is 1.32. The lowest BCUT2D eigenvalue weighted by Gasteiger charge is -1.98. The quantitative estimate of drug-likeness (QED) is 0.384. The zero-order chi connectivity index (χ0) is 12.3. The second kappa shape index (κ2) is 5.78. The van der Waals surface area contributed by atoms with Gasteiger partial charge >= 0.3 is 5.69 Å². The van der Waals surface area contributed by atoms with Gasteiger partial charge in [0.2, 0.25) is 12.4 Å². The van der Waals surface area contributed by atoms with Crippen LogP contribution in [-0.4, -0.2) is 9.91 Å². The van der Waals surface area contributed by atoms with E-state index in [-0.39, 0.29) is 23.8 Å². The Labute approximate surface area is 108 Å². The number of nitrogen functional groups attached to an aromatic ring is 1. The van der Waals surface area contributed by atoms with Crippen molar-refractivity contribution in [3.05, 3.63) is 53.1 Å². The number of nitrogens with zero attached hydrogens (tertiary/aromatic N) is 3. The van der Waals surface area contributed by atoms with Gasteiger partial charge in [0, 0.05) is 34.8 Å². The molecule has 2 aromatic heterocycles. The molecule has 0 radical (unpaired) electrons. The number of hydrogen-bond donors (Lipinski definition) is 1. The molecule has 0 bridgehead atoms. The Morgan fingerprint density at radius 3 is 2.61 bits per heavy atom. The first kappa shape index (κ1) is 13.7. The Hall–Kier alpha value is -2.41. The molecule has 0 aliphatic carbocycles. The van der Waals surface area contributed by atoms with Crippen molar-refractivity contribution in [3.63, 3.8) is 0 Å². The Morgan fingerprint density at radius 1 is 1.33 bits per heavy atom. The molecular weight excluding hydrogens is 260 g/mol. The fourth-order valence-corrected chi connectivity index (χ4v) is 1.19. The zero-order valence-corrected chi connectivity index (χ0v) is 9.82. The van der Waals surface area contributed by atoms with Crippen molar-refractivity contribution in [2.75, 3.05) is 5.73 Å². The molecule has 0 fully saturated rings. The smallest absolute Gasteiger partial charge is 0.336 e. The van der Waals surface area contributed by atoms with Crippen LogP contribution in [0, 0.1) is 10.1 Å². The summed E-state index contributed by atoms with van der Waals surface area (Å²) >= 11 is 0. The predicted octanol–water partition coefficient (Wildman–Crippen LogP) is -2.29. The molecule has 0 saturated carbocycles. The van der Waals surface area contributed by atoms with E-state index in [1.54, 1.807) is 24.5 Å². The fraction of sp³-hybridized carbons (Fsp3) is 0. The van der Waals surface area contributed by atoms with Gasteiger partial charge in [0.1, 0.15) is 6.20 Å². The topological polar surface area (TPSA) is 95.2 Å². The van der Waals surface area contributed by atoms with Gasteiger partial charge in [-0.05, 0) is 0 Å². The molecule has 2 heterocycles. The largest absolute Gasteiger partial charge is 1.00 e. The molecule has 18 heavy (non-hydrogen) atoms. The Morgan fingerprint density at radius 2 is 2.00 bits per heavy atom. The van der Waals surface area contributed by atoms with E-state index in [9.17, 15) is 10.1 Å². The van der Waals surface area contributed by atoms with Crippen molar-refractivity contribution in [1.82, 2.24) is 4.98 Å². The zero-order valence-electron chi connectivity index (χ0n) is 9.06. The van der Waals surface area contributed by atoms with Crippen molar-refractivity contribution in [2.24, 2.45) is 0 Å². The van der Waals surface area contributed by atoms with Crippen molar-refractivity contribution in [3.8, 4) is 5.75 Å². The number of anilines is 1. The van der Waals surface area contributed by atoms with E-state index < -0.39 is 4.92 Å². The van der Waals surface area contributed by atoms with Gasteiger partial charge in [0.05, 0.1) is 4.92 Å². The van der Waals surface area contributed by atoms with E-state index in [4.69, 9.17) is 10.6 Å². The van der Waals surface area contributed by atoms with Crippen LogP contribution in [0.5, 0.6) is 5.75 Å². The summed E-state index contributed by atoms with van der Waals surface area (Å²) in [6.45, 7) is 0. The third-order valence-electron chi connectivity index (χ3n) is 1.99. The minimum atomic E-state index is -0.555. The molecule has 94 valence electrons. The highest BCUT2D eigenvalue weighted by Crippen LogP contribution is 2.23. The van der Waals surface area contributed by atoms with E-state index in [1.165, 1.54) is 17.0 Å². The standard InChI is InChI=1S/C10H8N4O3.ClH/c11-8-2-5-13(6-3-8)17-10-1-4-12-7-9(10)14(15)16;/h1-7,11H;1H. The Balaban J connectivity index is 0.00000162. The molecule has 0 aromatic carbocycles. The van der Waals surface area contributed by atoms with Gasteiger partial charge in [-0.3, -0.25) is 15.1 Å². The average molecular weight is 269 g/mol. The van der Waals surface area contributed by atoms with Gasteiger partial charge in [-0.2, -0.15) is 0 Å². The highest BCUT2D eigenvalue weighted by Gasteiger charge is 2.18. The van der Waals surface area contributed by atoms with Gasteiger partial charge in [0.15, 0.2) is 0 Å². The van der Waals surface area contributed by atoms with E-state index >= 15 is 0 Å². The van der Waals surface area contributed by atoms with Crippen LogP contribution in [0.2, 0.25) is 0 Å². The molecule has 0 amide bonds. The van der Waals surface area contributed by atoms with Gasteiger partial charge in [-0.25, -0.2) is 4.84 Å². The number of nitrogens with two attached hydrogens (primary N) is 1. The fourth-order valence-electron chi connectivity index (χ4n) is 1.19. The first-order valence-electron chi connectivity index (χ1n) is 4.70. The molecule has 0 atom stereocenters. The molecule has 0 aliphatic rings. The van der Waals surface area contributed by atoms with E-state index in [1.807, 2.05) is 0 Å². The monoisotopic (exact) mass is 268 g/mol. The Kier molecular flexibility index (Phi) is 4.39. The normalized spacial score (nSPS) is 9.33. The average Bonchev–Trinajstić information content (AvgIpc) is 2.32. The molecular formula is C10H9ClN4O3. The minimum absolute atomic E-state index is 0. The van der Waals surface area contributed by atoms with Crippen LogP contribution in [0.25, 0.3) is 0 Å². The number of hydrogen-bond acceptors (Lipinski definition) is 5. The lowest BCUT2D eigenvalue weighted by Crippen LogP contribution is -3.00. The lowest BCUT2D eigenvalue weighted by molar-refractivity contribution is -0.875. The second-order valence-electron chi connectivity index (χ2n) is 3.18. The number of rotatable bonds is 3. The molecule has 0 spiro atoms. The number of nitro groups is 1. The van der Waals surface area contributed by atoms with Crippen LogP contribution in [0.4, 0.5) is 11.4 Å². The molecule has 8 heteroatoms. The third kappa shape index (κ3) is 3.05. The molecule has 2 rings (SSSR count). The van der Waals surface area contributed by atoms with Crippen LogP contribution in [0.3, 0.4) is 0 Å². The lowest BCUT2D eigenvalue weighted by atomic mass is 10.4. The number of halogens is 1. The summed E-state index contributed by atoms with van der Waals surface area (Å²) in [7, 11) is 0. The molecule has 0 saturated heterocycles. The van der Waals surface area contributed by atoms with Crippen LogP contribution in [0.15, 0.2) is 43.0 Å². The number of pyridine rings is 2. The third-order valence-corrected chi connectivity index (χ3v) is 1.99. The predicted molar refractivity (Wildman–Crippen MR) is 58.0 cm³/mol. The van der Waals surface area contributed by atoms with Crippen molar-refractivity contribution in [2.45, 2.75) is 0 Å². The molecule has 0 unspecified atom stereocenters. The van der Waals surface area contributed by atoms with E-state index in [0.29, 0.717) is 5.69 Å².